The summed E-state index contributed by atoms with van der Waals surface area (Å²) in [5, 5.41) is 6.84. The summed E-state index contributed by atoms with van der Waals surface area (Å²) in [7, 11) is 0. The van der Waals surface area contributed by atoms with Gasteiger partial charge in [-0.05, 0) is 56.5 Å². The van der Waals surface area contributed by atoms with Crippen LogP contribution in [-0.4, -0.2) is 24.1 Å². The van der Waals surface area contributed by atoms with Gasteiger partial charge in [-0.15, -0.1) is 12.4 Å². The van der Waals surface area contributed by atoms with E-state index < -0.39 is 0 Å². The van der Waals surface area contributed by atoms with Crippen LogP contribution in [0.15, 0.2) is 22.6 Å². The van der Waals surface area contributed by atoms with Gasteiger partial charge in [-0.25, -0.2) is 0 Å². The normalized spacial score (nSPS) is 15.0. The third-order valence-electron chi connectivity index (χ3n) is 5.44. The van der Waals surface area contributed by atoms with Crippen molar-refractivity contribution in [3.63, 3.8) is 0 Å². The van der Waals surface area contributed by atoms with Crippen molar-refractivity contribution in [3.8, 4) is 0 Å². The Labute approximate surface area is 170 Å². The van der Waals surface area contributed by atoms with Crippen LogP contribution in [0.2, 0.25) is 0 Å². The number of unbranched alkanes of at least 4 members (excludes halogenated alkanes) is 7. The molecule has 1 aliphatic heterocycles. The van der Waals surface area contributed by atoms with Gasteiger partial charge in [-0.1, -0.05) is 57.9 Å². The second-order valence-corrected chi connectivity index (χ2v) is 7.71. The highest BCUT2D eigenvalue weighted by atomic mass is 35.5. The first-order valence-electron chi connectivity index (χ1n) is 10.7. The molecule has 27 heavy (non-hydrogen) atoms. The van der Waals surface area contributed by atoms with E-state index in [0.717, 1.165) is 43.5 Å². The summed E-state index contributed by atoms with van der Waals surface area (Å²) in [6.07, 6.45) is 14.3. The molecule has 1 saturated heterocycles. The van der Waals surface area contributed by atoms with E-state index in [1.165, 1.54) is 56.9 Å². The minimum Gasteiger partial charge on any atom is -0.424 e. The first-order chi connectivity index (χ1) is 12.8. The van der Waals surface area contributed by atoms with Crippen molar-refractivity contribution in [3.05, 3.63) is 23.8 Å². The molecule has 0 unspecified atom stereocenters. The smallest absolute Gasteiger partial charge is 0.295 e. The fourth-order valence-corrected chi connectivity index (χ4v) is 3.79. The number of aryl methyl sites for hydroxylation is 1. The number of oxazole rings is 1. The van der Waals surface area contributed by atoms with E-state index in [2.05, 4.69) is 40.7 Å². The van der Waals surface area contributed by atoms with E-state index in [4.69, 9.17) is 4.42 Å². The number of rotatable bonds is 11. The molecule has 4 nitrogen and oxygen atoms in total. The quantitative estimate of drug-likeness (QED) is 0.453. The molecule has 1 fully saturated rings. The summed E-state index contributed by atoms with van der Waals surface area (Å²) in [5.74, 6) is 0. The molecule has 0 bridgehead atoms. The molecular formula is C22H36ClN3O. The number of nitrogens with one attached hydrogen (secondary N) is 2. The van der Waals surface area contributed by atoms with Crippen molar-refractivity contribution in [2.45, 2.75) is 83.6 Å². The molecule has 1 aromatic carbocycles. The predicted octanol–water partition coefficient (Wildman–Crippen LogP) is 6.10. The molecular weight excluding hydrogens is 358 g/mol. The Morgan fingerprint density at radius 2 is 1.74 bits per heavy atom. The van der Waals surface area contributed by atoms with Gasteiger partial charge in [0.15, 0.2) is 5.58 Å². The number of hydrogen-bond acceptors (Lipinski definition) is 4. The minimum atomic E-state index is 0. The molecule has 1 aromatic heterocycles. The Kier molecular flexibility index (Phi) is 10.00. The van der Waals surface area contributed by atoms with Crippen LogP contribution in [0.5, 0.6) is 0 Å². The number of anilines is 1. The SMILES string of the molecule is CCCCCCCCCCc1ccc2nc(NC3CCNCC3)oc2c1.Cl. The van der Waals surface area contributed by atoms with Crippen LogP contribution in [0.1, 0.15) is 76.7 Å². The Hall–Kier alpha value is -1.26. The van der Waals surface area contributed by atoms with Gasteiger partial charge < -0.3 is 15.1 Å². The van der Waals surface area contributed by atoms with Gasteiger partial charge in [-0.3, -0.25) is 0 Å². The standard InChI is InChI=1S/C22H35N3O.ClH/c1-2-3-4-5-6-7-8-9-10-18-11-12-20-21(17-18)26-22(25-20)24-19-13-15-23-16-14-19;/h11-12,17,19,23H,2-10,13-16H2,1H3,(H,24,25);1H. The molecule has 0 radical (unpaired) electrons. The minimum absolute atomic E-state index is 0. The van der Waals surface area contributed by atoms with Gasteiger partial charge in [0.05, 0.1) is 0 Å². The summed E-state index contributed by atoms with van der Waals surface area (Å²) in [5.41, 5.74) is 3.24. The topological polar surface area (TPSA) is 50.1 Å². The zero-order valence-corrected chi connectivity index (χ0v) is 17.6. The summed E-state index contributed by atoms with van der Waals surface area (Å²) >= 11 is 0. The van der Waals surface area contributed by atoms with Crippen LogP contribution in [0.3, 0.4) is 0 Å². The predicted molar refractivity (Wildman–Crippen MR) is 117 cm³/mol. The van der Waals surface area contributed by atoms with Gasteiger partial charge in [0.25, 0.3) is 6.01 Å². The Bertz CT molecular complexity index is 652. The second-order valence-electron chi connectivity index (χ2n) is 7.71. The fourth-order valence-electron chi connectivity index (χ4n) is 3.79. The summed E-state index contributed by atoms with van der Waals surface area (Å²) in [6, 6.07) is 7.64. The number of fused-ring (bicyclic) bond motifs is 1. The first kappa shape index (κ1) is 22.0. The Morgan fingerprint density at radius 3 is 2.48 bits per heavy atom. The number of hydrogen-bond donors (Lipinski definition) is 2. The number of halogens is 1. The summed E-state index contributed by atoms with van der Waals surface area (Å²) in [4.78, 5) is 4.59. The van der Waals surface area contributed by atoms with E-state index in [1.807, 2.05) is 0 Å². The van der Waals surface area contributed by atoms with Crippen LogP contribution in [-0.2, 0) is 6.42 Å². The van der Waals surface area contributed by atoms with Crippen LogP contribution < -0.4 is 10.6 Å². The van der Waals surface area contributed by atoms with Crippen molar-refractivity contribution in [2.75, 3.05) is 18.4 Å². The number of piperidine rings is 1. The fraction of sp³-hybridized carbons (Fsp3) is 0.682. The maximum Gasteiger partial charge on any atom is 0.295 e. The van der Waals surface area contributed by atoms with Gasteiger partial charge in [-0.2, -0.15) is 4.98 Å². The monoisotopic (exact) mass is 393 g/mol. The van der Waals surface area contributed by atoms with Crippen LogP contribution in [0, 0.1) is 0 Å². The van der Waals surface area contributed by atoms with Gasteiger partial charge in [0.2, 0.25) is 0 Å². The number of aromatic nitrogens is 1. The van der Waals surface area contributed by atoms with Crippen molar-refractivity contribution in [1.82, 2.24) is 10.3 Å². The van der Waals surface area contributed by atoms with E-state index in [1.54, 1.807) is 0 Å². The zero-order valence-electron chi connectivity index (χ0n) is 16.8. The Balaban J connectivity index is 0.00000261. The largest absolute Gasteiger partial charge is 0.424 e. The molecule has 5 heteroatoms. The Morgan fingerprint density at radius 1 is 1.04 bits per heavy atom. The molecule has 0 aliphatic carbocycles. The van der Waals surface area contributed by atoms with E-state index in [9.17, 15) is 0 Å². The van der Waals surface area contributed by atoms with Crippen molar-refractivity contribution >= 4 is 29.5 Å². The second kappa shape index (κ2) is 12.2. The third-order valence-corrected chi connectivity index (χ3v) is 5.44. The molecule has 0 atom stereocenters. The lowest BCUT2D eigenvalue weighted by molar-refractivity contribution is 0.466. The van der Waals surface area contributed by atoms with Crippen molar-refractivity contribution < 1.29 is 4.42 Å². The van der Waals surface area contributed by atoms with Gasteiger partial charge in [0, 0.05) is 6.04 Å². The van der Waals surface area contributed by atoms with Gasteiger partial charge >= 0.3 is 0 Å². The average Bonchev–Trinajstić information content (AvgIpc) is 3.06. The highest BCUT2D eigenvalue weighted by Crippen LogP contribution is 2.23. The molecule has 0 amide bonds. The average molecular weight is 394 g/mol. The molecule has 2 N–H and O–H groups in total. The van der Waals surface area contributed by atoms with Crippen LogP contribution in [0.25, 0.3) is 11.1 Å². The molecule has 3 rings (SSSR count). The number of benzene rings is 1. The highest BCUT2D eigenvalue weighted by Gasteiger charge is 2.15. The van der Waals surface area contributed by atoms with Crippen LogP contribution in [0.4, 0.5) is 6.01 Å². The molecule has 0 saturated carbocycles. The number of nitrogens with zero attached hydrogens (tertiary/aromatic N) is 1. The van der Waals surface area contributed by atoms with Crippen molar-refractivity contribution in [1.29, 1.82) is 0 Å². The molecule has 152 valence electrons. The van der Waals surface area contributed by atoms with Crippen LogP contribution >= 0.6 is 12.4 Å². The maximum absolute atomic E-state index is 5.95. The third kappa shape index (κ3) is 7.34. The highest BCUT2D eigenvalue weighted by molar-refractivity contribution is 5.85. The first-order valence-corrected chi connectivity index (χ1v) is 10.7. The molecule has 1 aliphatic rings. The maximum atomic E-state index is 5.95. The summed E-state index contributed by atoms with van der Waals surface area (Å²) < 4.78 is 5.95. The molecule has 0 spiro atoms. The zero-order chi connectivity index (χ0) is 18.0. The summed E-state index contributed by atoms with van der Waals surface area (Å²) in [6.45, 7) is 4.42. The molecule has 2 heterocycles. The van der Waals surface area contributed by atoms with E-state index in [0.29, 0.717) is 12.1 Å². The van der Waals surface area contributed by atoms with E-state index in [-0.39, 0.29) is 12.4 Å². The van der Waals surface area contributed by atoms with E-state index >= 15 is 0 Å². The lowest BCUT2D eigenvalue weighted by Gasteiger charge is -2.22. The lowest BCUT2D eigenvalue weighted by atomic mass is 10.0. The van der Waals surface area contributed by atoms with Crippen molar-refractivity contribution in [2.24, 2.45) is 0 Å². The lowest BCUT2D eigenvalue weighted by Crippen LogP contribution is -2.35. The molecule has 2 aromatic rings. The van der Waals surface area contributed by atoms with Gasteiger partial charge in [0.1, 0.15) is 5.52 Å².